The average Bonchev–Trinajstić information content (AvgIpc) is 2.07. The quantitative estimate of drug-likeness (QED) is 0.612. The van der Waals surface area contributed by atoms with Gasteiger partial charge in [0.05, 0.1) is 0 Å². The molecule has 0 aromatic heterocycles. The van der Waals surface area contributed by atoms with Crippen LogP contribution in [0, 0.1) is 0 Å². The Labute approximate surface area is 81.8 Å². The minimum absolute atomic E-state index is 0.0486. The number of rotatable bonds is 6. The van der Waals surface area contributed by atoms with Crippen molar-refractivity contribution in [3.8, 4) is 0 Å². The molecule has 0 heterocycles. The fraction of sp³-hybridized carbons (Fsp3) is 1.00. The van der Waals surface area contributed by atoms with Gasteiger partial charge in [-0.15, -0.1) is 0 Å². The van der Waals surface area contributed by atoms with Crippen LogP contribution in [0.4, 0.5) is 0 Å². The highest BCUT2D eigenvalue weighted by molar-refractivity contribution is 6.70. The van der Waals surface area contributed by atoms with E-state index in [0.717, 1.165) is 12.8 Å². The minimum Gasteiger partial charge on any atom is -0.396 e. The lowest BCUT2D eigenvalue weighted by molar-refractivity contribution is 0.217. The highest BCUT2D eigenvalue weighted by atomic mass is 28.4. The lowest BCUT2D eigenvalue weighted by atomic mass is 10.3. The average molecular weight is 206 g/mol. The SMILES string of the molecule is CCCC(N)[Si](OC)(OC)C(C)N. The summed E-state index contributed by atoms with van der Waals surface area (Å²) in [6, 6.07) is 0. The van der Waals surface area contributed by atoms with Crippen molar-refractivity contribution in [1.82, 2.24) is 0 Å². The lowest BCUT2D eigenvalue weighted by Gasteiger charge is -2.35. The van der Waals surface area contributed by atoms with E-state index in [9.17, 15) is 0 Å². The van der Waals surface area contributed by atoms with Gasteiger partial charge in [-0.1, -0.05) is 13.3 Å². The van der Waals surface area contributed by atoms with Crippen LogP contribution < -0.4 is 11.5 Å². The molecule has 0 aromatic rings. The van der Waals surface area contributed by atoms with E-state index in [-0.39, 0.29) is 11.3 Å². The lowest BCUT2D eigenvalue weighted by Crippen LogP contribution is -2.66. The molecule has 13 heavy (non-hydrogen) atoms. The summed E-state index contributed by atoms with van der Waals surface area (Å²) in [7, 11) is 0.877. The highest BCUT2D eigenvalue weighted by Gasteiger charge is 2.46. The molecule has 0 spiro atoms. The van der Waals surface area contributed by atoms with Crippen molar-refractivity contribution in [2.75, 3.05) is 14.2 Å². The molecular formula is C8H22N2O2Si. The predicted octanol–water partition coefficient (Wildman–Crippen LogP) is 0.274. The van der Waals surface area contributed by atoms with Crippen LogP contribution in [0.5, 0.6) is 0 Å². The van der Waals surface area contributed by atoms with Crippen LogP contribution in [0.1, 0.15) is 26.7 Å². The molecule has 4 N–H and O–H groups in total. The van der Waals surface area contributed by atoms with E-state index in [4.69, 9.17) is 20.3 Å². The Hall–Kier alpha value is 0.0569. The first-order chi connectivity index (χ1) is 6.05. The zero-order valence-corrected chi connectivity index (χ0v) is 10.0. The summed E-state index contributed by atoms with van der Waals surface area (Å²) in [5.41, 5.74) is 11.7. The summed E-state index contributed by atoms with van der Waals surface area (Å²) in [6.45, 7) is 3.99. The molecule has 0 radical (unpaired) electrons. The molecule has 0 saturated heterocycles. The summed E-state index contributed by atoms with van der Waals surface area (Å²) in [6.07, 6.45) is 1.92. The van der Waals surface area contributed by atoms with Crippen LogP contribution in [-0.4, -0.2) is 34.1 Å². The summed E-state index contributed by atoms with van der Waals surface area (Å²) in [5, 5.41) is 0. The second-order valence-corrected chi connectivity index (χ2v) is 7.23. The molecular weight excluding hydrogens is 184 g/mol. The Morgan fingerprint density at radius 2 is 1.69 bits per heavy atom. The van der Waals surface area contributed by atoms with Gasteiger partial charge in [0.2, 0.25) is 0 Å². The van der Waals surface area contributed by atoms with Crippen molar-refractivity contribution < 1.29 is 8.85 Å². The maximum absolute atomic E-state index is 6.02. The fourth-order valence-electron chi connectivity index (χ4n) is 1.61. The summed E-state index contributed by atoms with van der Waals surface area (Å²) in [5.74, 6) is 0. The zero-order chi connectivity index (χ0) is 10.5. The highest BCUT2D eigenvalue weighted by Crippen LogP contribution is 2.16. The number of hydrogen-bond acceptors (Lipinski definition) is 4. The Balaban J connectivity index is 4.54. The van der Waals surface area contributed by atoms with Crippen LogP contribution in [0.3, 0.4) is 0 Å². The van der Waals surface area contributed by atoms with Gasteiger partial charge in [0.15, 0.2) is 0 Å². The van der Waals surface area contributed by atoms with Crippen molar-refractivity contribution in [1.29, 1.82) is 0 Å². The first-order valence-corrected chi connectivity index (χ1v) is 6.63. The molecule has 0 aliphatic carbocycles. The number of hydrogen-bond donors (Lipinski definition) is 2. The van der Waals surface area contributed by atoms with Crippen LogP contribution in [0.2, 0.25) is 0 Å². The predicted molar refractivity (Wildman–Crippen MR) is 56.3 cm³/mol. The van der Waals surface area contributed by atoms with Crippen molar-refractivity contribution in [2.45, 2.75) is 38.0 Å². The fourth-order valence-corrected chi connectivity index (χ4v) is 4.49. The van der Waals surface area contributed by atoms with Crippen LogP contribution >= 0.6 is 0 Å². The normalized spacial score (nSPS) is 17.1. The van der Waals surface area contributed by atoms with Crippen molar-refractivity contribution in [3.63, 3.8) is 0 Å². The van der Waals surface area contributed by atoms with E-state index in [2.05, 4.69) is 6.92 Å². The van der Waals surface area contributed by atoms with Crippen LogP contribution in [0.25, 0.3) is 0 Å². The summed E-state index contributed by atoms with van der Waals surface area (Å²) in [4.78, 5) is 0. The molecule has 4 nitrogen and oxygen atoms in total. The monoisotopic (exact) mass is 206 g/mol. The molecule has 80 valence electrons. The van der Waals surface area contributed by atoms with E-state index in [0.29, 0.717) is 0 Å². The summed E-state index contributed by atoms with van der Waals surface area (Å²) >= 11 is 0. The summed E-state index contributed by atoms with van der Waals surface area (Å²) < 4.78 is 10.9. The third-order valence-electron chi connectivity index (χ3n) is 2.39. The van der Waals surface area contributed by atoms with Gasteiger partial charge in [0, 0.05) is 25.5 Å². The van der Waals surface area contributed by atoms with E-state index in [1.54, 1.807) is 14.2 Å². The minimum atomic E-state index is -2.39. The second-order valence-electron chi connectivity index (χ2n) is 3.31. The van der Waals surface area contributed by atoms with E-state index >= 15 is 0 Å². The molecule has 0 bridgehead atoms. The number of nitrogens with two attached hydrogens (primary N) is 2. The largest absolute Gasteiger partial charge is 0.396 e. The molecule has 0 aliphatic rings. The van der Waals surface area contributed by atoms with Gasteiger partial charge in [-0.2, -0.15) is 0 Å². The van der Waals surface area contributed by atoms with E-state index in [1.807, 2.05) is 6.92 Å². The molecule has 5 heteroatoms. The van der Waals surface area contributed by atoms with Gasteiger partial charge in [-0.3, -0.25) is 0 Å². The van der Waals surface area contributed by atoms with Gasteiger partial charge in [0.25, 0.3) is 0 Å². The second kappa shape index (κ2) is 5.72. The van der Waals surface area contributed by atoms with Crippen LogP contribution in [-0.2, 0) is 8.85 Å². The Kier molecular flexibility index (Phi) is 5.74. The van der Waals surface area contributed by atoms with Crippen molar-refractivity contribution in [3.05, 3.63) is 0 Å². The maximum atomic E-state index is 6.02. The maximum Gasteiger partial charge on any atom is 0.371 e. The van der Waals surface area contributed by atoms with E-state index < -0.39 is 8.56 Å². The van der Waals surface area contributed by atoms with Gasteiger partial charge >= 0.3 is 8.56 Å². The third kappa shape index (κ3) is 2.75. The molecule has 0 saturated carbocycles. The van der Waals surface area contributed by atoms with Gasteiger partial charge in [0.1, 0.15) is 0 Å². The molecule has 0 aromatic carbocycles. The van der Waals surface area contributed by atoms with E-state index in [1.165, 1.54) is 0 Å². The molecule has 0 rings (SSSR count). The third-order valence-corrected chi connectivity index (χ3v) is 6.26. The molecule has 2 atom stereocenters. The van der Waals surface area contributed by atoms with Gasteiger partial charge < -0.3 is 20.3 Å². The van der Waals surface area contributed by atoms with Crippen molar-refractivity contribution in [2.24, 2.45) is 11.5 Å². The van der Waals surface area contributed by atoms with Gasteiger partial charge in [-0.25, -0.2) is 0 Å². The Morgan fingerprint density at radius 1 is 1.23 bits per heavy atom. The molecule has 0 aliphatic heterocycles. The van der Waals surface area contributed by atoms with Crippen LogP contribution in [0.15, 0.2) is 0 Å². The Morgan fingerprint density at radius 3 is 1.92 bits per heavy atom. The first-order valence-electron chi connectivity index (χ1n) is 4.66. The van der Waals surface area contributed by atoms with Crippen molar-refractivity contribution >= 4 is 8.56 Å². The Bertz CT molecular complexity index is 140. The topological polar surface area (TPSA) is 70.5 Å². The zero-order valence-electron chi connectivity index (χ0n) is 9.04. The standard InChI is InChI=1S/C8H22N2O2Si/c1-5-6-8(10)13(11-3,12-4)7(2)9/h7-8H,5-6,9-10H2,1-4H3. The molecule has 0 amide bonds. The smallest absolute Gasteiger partial charge is 0.371 e. The first kappa shape index (κ1) is 13.1. The molecule has 0 fully saturated rings. The molecule has 2 unspecified atom stereocenters. The van der Waals surface area contributed by atoms with Gasteiger partial charge in [-0.05, 0) is 13.3 Å².